The summed E-state index contributed by atoms with van der Waals surface area (Å²) in [4.78, 5) is 11.9. The van der Waals surface area contributed by atoms with Gasteiger partial charge in [-0.2, -0.15) is 0 Å². The third-order valence-electron chi connectivity index (χ3n) is 4.54. The number of ether oxygens (including phenoxy) is 4. The first-order chi connectivity index (χ1) is 12.1. The third kappa shape index (κ3) is 4.03. The summed E-state index contributed by atoms with van der Waals surface area (Å²) in [5.41, 5.74) is 1.46. The third-order valence-corrected chi connectivity index (χ3v) is 4.54. The minimum atomic E-state index is -0.907. The highest BCUT2D eigenvalue weighted by Gasteiger charge is 2.46. The zero-order chi connectivity index (χ0) is 17.8. The number of rotatable bonds is 5. The van der Waals surface area contributed by atoms with Crippen LogP contribution in [0.2, 0.25) is 0 Å². The van der Waals surface area contributed by atoms with Crippen molar-refractivity contribution in [3.8, 4) is 0 Å². The molecule has 25 heavy (non-hydrogen) atoms. The van der Waals surface area contributed by atoms with Gasteiger partial charge in [0, 0.05) is 12.3 Å². The number of benzene rings is 1. The lowest BCUT2D eigenvalue weighted by Crippen LogP contribution is -2.49. The Hall–Kier alpha value is -1.89. The van der Waals surface area contributed by atoms with E-state index in [1.54, 1.807) is 13.8 Å². The van der Waals surface area contributed by atoms with E-state index in [0.29, 0.717) is 37.6 Å². The molecule has 3 rings (SSSR count). The van der Waals surface area contributed by atoms with Crippen molar-refractivity contribution in [1.29, 1.82) is 0 Å². The highest BCUT2D eigenvalue weighted by atomic mass is 16.7. The summed E-state index contributed by atoms with van der Waals surface area (Å²) >= 11 is 0. The Morgan fingerprint density at radius 3 is 2.80 bits per heavy atom. The van der Waals surface area contributed by atoms with Crippen LogP contribution in [0.4, 0.5) is 0 Å². The molecule has 136 valence electrons. The van der Waals surface area contributed by atoms with Crippen LogP contribution in [-0.2, 0) is 30.3 Å². The van der Waals surface area contributed by atoms with Crippen LogP contribution in [0.1, 0.15) is 25.8 Å². The highest BCUT2D eigenvalue weighted by Crippen LogP contribution is 2.38. The summed E-state index contributed by atoms with van der Waals surface area (Å²) in [6.45, 7) is 4.53. The molecule has 2 aliphatic heterocycles. The fourth-order valence-corrected chi connectivity index (χ4v) is 3.13. The van der Waals surface area contributed by atoms with Crippen LogP contribution in [0, 0.1) is 5.92 Å². The average Bonchev–Trinajstić information content (AvgIpc) is 3.07. The number of carbonyl (C=O) groups is 1. The smallest absolute Gasteiger partial charge is 0.337 e. The van der Waals surface area contributed by atoms with Crippen LogP contribution in [0.15, 0.2) is 41.7 Å². The van der Waals surface area contributed by atoms with Crippen molar-refractivity contribution in [2.75, 3.05) is 13.2 Å². The normalized spacial score (nSPS) is 30.4. The molecule has 4 atom stereocenters. The summed E-state index contributed by atoms with van der Waals surface area (Å²) < 4.78 is 22.2. The van der Waals surface area contributed by atoms with Crippen LogP contribution in [0.3, 0.4) is 0 Å². The van der Waals surface area contributed by atoms with Crippen LogP contribution in [0.25, 0.3) is 0 Å². The van der Waals surface area contributed by atoms with Crippen molar-refractivity contribution in [2.24, 2.45) is 5.92 Å². The Morgan fingerprint density at radius 2 is 2.08 bits per heavy atom. The molecular formula is C19H24O6. The SMILES string of the molecule is CCOC(=O)/C(C)=C1/C[C@@H]2CO[C@H](OCc3ccccc3)[C@@H](O)[C@@H]2O1. The molecule has 6 nitrogen and oxygen atoms in total. The molecule has 2 heterocycles. The summed E-state index contributed by atoms with van der Waals surface area (Å²) in [7, 11) is 0. The molecule has 0 spiro atoms. The van der Waals surface area contributed by atoms with Gasteiger partial charge >= 0.3 is 5.97 Å². The first-order valence-corrected chi connectivity index (χ1v) is 8.59. The molecule has 0 saturated carbocycles. The summed E-state index contributed by atoms with van der Waals surface area (Å²) in [6.07, 6.45) is -1.54. The van der Waals surface area contributed by atoms with Gasteiger partial charge in [-0.25, -0.2) is 4.79 Å². The van der Waals surface area contributed by atoms with Gasteiger partial charge in [0.1, 0.15) is 18.0 Å². The standard InChI is InChI=1S/C19H24O6/c1-3-22-18(21)12(2)15-9-14-11-24-19(16(20)17(14)25-15)23-10-13-7-5-4-6-8-13/h4-8,14,16-17,19-20H,3,9-11H2,1-2H3/b15-12-/t14-,16+,17-,19+/m1/s1. The monoisotopic (exact) mass is 348 g/mol. The number of hydrogen-bond donors (Lipinski definition) is 1. The molecule has 0 radical (unpaired) electrons. The number of aliphatic hydroxyl groups is 1. The van der Waals surface area contributed by atoms with E-state index in [4.69, 9.17) is 18.9 Å². The van der Waals surface area contributed by atoms with Crippen molar-refractivity contribution >= 4 is 5.97 Å². The van der Waals surface area contributed by atoms with E-state index in [2.05, 4.69) is 0 Å². The largest absolute Gasteiger partial charge is 0.491 e. The molecule has 2 fully saturated rings. The minimum Gasteiger partial charge on any atom is -0.491 e. The molecule has 0 aliphatic carbocycles. The van der Waals surface area contributed by atoms with Crippen molar-refractivity contribution in [3.63, 3.8) is 0 Å². The van der Waals surface area contributed by atoms with E-state index in [1.807, 2.05) is 30.3 Å². The molecule has 0 bridgehead atoms. The van der Waals surface area contributed by atoms with Gasteiger partial charge in [-0.3, -0.25) is 0 Å². The van der Waals surface area contributed by atoms with E-state index in [-0.39, 0.29) is 11.9 Å². The lowest BCUT2D eigenvalue weighted by atomic mass is 9.94. The first-order valence-electron chi connectivity index (χ1n) is 8.59. The Balaban J connectivity index is 1.61. The van der Waals surface area contributed by atoms with Gasteiger partial charge in [-0.1, -0.05) is 30.3 Å². The van der Waals surface area contributed by atoms with E-state index in [0.717, 1.165) is 5.56 Å². The second-order valence-electron chi connectivity index (χ2n) is 6.30. The molecule has 0 aromatic heterocycles. The first kappa shape index (κ1) is 17.9. The molecule has 2 aliphatic rings. The summed E-state index contributed by atoms with van der Waals surface area (Å²) in [5.74, 6) is 0.189. The Kier molecular flexibility index (Phi) is 5.73. The fraction of sp³-hybridized carbons (Fsp3) is 0.526. The average molecular weight is 348 g/mol. The van der Waals surface area contributed by atoms with Gasteiger partial charge in [-0.05, 0) is 19.4 Å². The lowest BCUT2D eigenvalue weighted by Gasteiger charge is -2.35. The Morgan fingerprint density at radius 1 is 1.32 bits per heavy atom. The Bertz CT molecular complexity index is 626. The number of aliphatic hydroxyl groups excluding tert-OH is 1. The van der Waals surface area contributed by atoms with Gasteiger partial charge in [0.15, 0.2) is 6.29 Å². The van der Waals surface area contributed by atoms with Gasteiger partial charge < -0.3 is 24.1 Å². The quantitative estimate of drug-likeness (QED) is 0.649. The number of fused-ring (bicyclic) bond motifs is 1. The number of allylic oxidation sites excluding steroid dienone is 1. The topological polar surface area (TPSA) is 74.2 Å². The van der Waals surface area contributed by atoms with Crippen LogP contribution in [0.5, 0.6) is 0 Å². The maximum Gasteiger partial charge on any atom is 0.337 e. The maximum absolute atomic E-state index is 11.9. The maximum atomic E-state index is 11.9. The van der Waals surface area contributed by atoms with Gasteiger partial charge in [0.05, 0.1) is 25.4 Å². The highest BCUT2D eigenvalue weighted by molar-refractivity contribution is 5.88. The molecule has 1 aromatic rings. The van der Waals surface area contributed by atoms with Gasteiger partial charge in [-0.15, -0.1) is 0 Å². The minimum absolute atomic E-state index is 0.00551. The van der Waals surface area contributed by atoms with Gasteiger partial charge in [0.25, 0.3) is 0 Å². The van der Waals surface area contributed by atoms with E-state index in [9.17, 15) is 9.90 Å². The van der Waals surface area contributed by atoms with E-state index in [1.165, 1.54) is 0 Å². The molecular weight excluding hydrogens is 324 g/mol. The molecule has 1 aromatic carbocycles. The second kappa shape index (κ2) is 7.99. The van der Waals surface area contributed by atoms with Crippen molar-refractivity contribution < 1.29 is 28.8 Å². The summed E-state index contributed by atoms with van der Waals surface area (Å²) in [6, 6.07) is 9.71. The van der Waals surface area contributed by atoms with E-state index >= 15 is 0 Å². The summed E-state index contributed by atoms with van der Waals surface area (Å²) in [5, 5.41) is 10.5. The van der Waals surface area contributed by atoms with Crippen molar-refractivity contribution in [1.82, 2.24) is 0 Å². The predicted octanol–water partition coefficient (Wildman–Crippen LogP) is 2.16. The number of hydrogen-bond acceptors (Lipinski definition) is 6. The molecule has 2 saturated heterocycles. The van der Waals surface area contributed by atoms with E-state index < -0.39 is 18.5 Å². The molecule has 0 amide bonds. The van der Waals surface area contributed by atoms with Crippen LogP contribution >= 0.6 is 0 Å². The molecule has 6 heteroatoms. The van der Waals surface area contributed by atoms with Crippen LogP contribution < -0.4 is 0 Å². The zero-order valence-corrected chi connectivity index (χ0v) is 14.5. The van der Waals surface area contributed by atoms with Crippen LogP contribution in [-0.4, -0.2) is 42.8 Å². The Labute approximate surface area is 147 Å². The second-order valence-corrected chi connectivity index (χ2v) is 6.30. The predicted molar refractivity (Wildman–Crippen MR) is 89.3 cm³/mol. The van der Waals surface area contributed by atoms with Crippen molar-refractivity contribution in [2.45, 2.75) is 45.4 Å². The number of esters is 1. The van der Waals surface area contributed by atoms with Crippen molar-refractivity contribution in [3.05, 3.63) is 47.2 Å². The van der Waals surface area contributed by atoms with Gasteiger partial charge in [0.2, 0.25) is 0 Å². The molecule has 0 unspecified atom stereocenters. The lowest BCUT2D eigenvalue weighted by molar-refractivity contribution is -0.255. The fourth-order valence-electron chi connectivity index (χ4n) is 3.13. The zero-order valence-electron chi connectivity index (χ0n) is 14.5. The number of carbonyl (C=O) groups excluding carboxylic acids is 1. The molecule has 1 N–H and O–H groups in total.